The maximum atomic E-state index is 13.6. The number of allylic oxidation sites excluding steroid dienone is 1. The Kier molecular flexibility index (Phi) is 4.88. The smallest absolute Gasteiger partial charge is 0.330 e. The Hall–Kier alpha value is -2.17. The van der Waals surface area contributed by atoms with E-state index in [1.54, 1.807) is 26.8 Å². The van der Waals surface area contributed by atoms with Gasteiger partial charge in [-0.2, -0.15) is 0 Å². The Bertz CT molecular complexity index is 655. The monoisotopic (exact) mass is 320 g/mol. The Morgan fingerprint density at radius 3 is 2.61 bits per heavy atom. The van der Waals surface area contributed by atoms with E-state index in [9.17, 15) is 14.0 Å². The summed E-state index contributed by atoms with van der Waals surface area (Å²) < 4.78 is 23.9. The van der Waals surface area contributed by atoms with E-state index < -0.39 is 23.3 Å². The zero-order chi connectivity index (χ0) is 17.2. The first kappa shape index (κ1) is 17.2. The predicted molar refractivity (Wildman–Crippen MR) is 83.9 cm³/mol. The van der Waals surface area contributed by atoms with Crippen molar-refractivity contribution in [1.29, 1.82) is 0 Å². The topological polar surface area (TPSA) is 52.6 Å². The quantitative estimate of drug-likeness (QED) is 0.614. The van der Waals surface area contributed by atoms with E-state index >= 15 is 0 Å². The summed E-state index contributed by atoms with van der Waals surface area (Å²) in [5.41, 5.74) is 1.43. The van der Waals surface area contributed by atoms with Gasteiger partial charge in [0.15, 0.2) is 0 Å². The molecule has 0 aliphatic heterocycles. The molecule has 0 N–H and O–H groups in total. The first-order valence-electron chi connectivity index (χ1n) is 7.52. The molecule has 0 spiro atoms. The summed E-state index contributed by atoms with van der Waals surface area (Å²) in [5, 5.41) is 0. The molecule has 0 bridgehead atoms. The molecular weight excluding hydrogens is 299 g/mol. The van der Waals surface area contributed by atoms with Gasteiger partial charge in [-0.1, -0.05) is 6.07 Å². The number of hydrogen-bond acceptors (Lipinski definition) is 4. The summed E-state index contributed by atoms with van der Waals surface area (Å²) in [6.45, 7) is 5.31. The second-order valence-corrected chi connectivity index (χ2v) is 6.61. The summed E-state index contributed by atoms with van der Waals surface area (Å²) in [5.74, 6) is -1.20. The highest BCUT2D eigenvalue weighted by atomic mass is 19.1. The molecular formula is C18H21FO4. The van der Waals surface area contributed by atoms with Crippen molar-refractivity contribution in [3.05, 3.63) is 41.2 Å². The Morgan fingerprint density at radius 2 is 2.00 bits per heavy atom. The molecule has 0 saturated heterocycles. The van der Waals surface area contributed by atoms with Crippen LogP contribution in [0, 0.1) is 11.2 Å². The number of rotatable bonds is 2. The molecule has 0 aromatic heterocycles. The van der Waals surface area contributed by atoms with Crippen LogP contribution in [-0.4, -0.2) is 19.0 Å². The fourth-order valence-corrected chi connectivity index (χ4v) is 2.45. The lowest BCUT2D eigenvalue weighted by molar-refractivity contribution is -0.159. The van der Waals surface area contributed by atoms with Crippen LogP contribution in [0.25, 0.3) is 5.57 Å². The van der Waals surface area contributed by atoms with Crippen LogP contribution in [0.3, 0.4) is 0 Å². The normalized spacial score (nSPS) is 19.2. The van der Waals surface area contributed by atoms with Crippen LogP contribution in [0.4, 0.5) is 4.39 Å². The SMILES string of the molecule is COC(=O)/C=C1\CCC(OC(=O)C(C)(C)C)c2cc(F)ccc21. The largest absolute Gasteiger partial charge is 0.466 e. The third-order valence-electron chi connectivity index (χ3n) is 3.74. The van der Waals surface area contributed by atoms with E-state index in [4.69, 9.17) is 4.74 Å². The number of ether oxygens (including phenoxy) is 2. The maximum absolute atomic E-state index is 13.6. The Balaban J connectivity index is 2.37. The average Bonchev–Trinajstić information content (AvgIpc) is 2.48. The van der Waals surface area contributed by atoms with E-state index in [1.165, 1.54) is 25.3 Å². The minimum absolute atomic E-state index is 0.335. The summed E-state index contributed by atoms with van der Waals surface area (Å²) in [4.78, 5) is 23.6. The van der Waals surface area contributed by atoms with Crippen LogP contribution in [0.2, 0.25) is 0 Å². The van der Waals surface area contributed by atoms with E-state index in [0.717, 1.165) is 11.1 Å². The molecule has 23 heavy (non-hydrogen) atoms. The molecule has 5 heteroatoms. The van der Waals surface area contributed by atoms with Crippen LogP contribution in [0.1, 0.15) is 50.8 Å². The number of methoxy groups -OCH3 is 1. The van der Waals surface area contributed by atoms with Crippen molar-refractivity contribution < 1.29 is 23.5 Å². The molecule has 1 atom stereocenters. The van der Waals surface area contributed by atoms with Crippen molar-refractivity contribution in [3.63, 3.8) is 0 Å². The fraction of sp³-hybridized carbons (Fsp3) is 0.444. The van der Waals surface area contributed by atoms with Gasteiger partial charge in [-0.15, -0.1) is 0 Å². The lowest BCUT2D eigenvalue weighted by atomic mass is 9.84. The minimum Gasteiger partial charge on any atom is -0.466 e. The van der Waals surface area contributed by atoms with Crippen molar-refractivity contribution in [2.24, 2.45) is 5.41 Å². The third kappa shape index (κ3) is 3.97. The molecule has 1 unspecified atom stereocenters. The van der Waals surface area contributed by atoms with Crippen molar-refractivity contribution >= 4 is 17.5 Å². The molecule has 2 rings (SSSR count). The Labute approximate surface area is 135 Å². The highest BCUT2D eigenvalue weighted by Gasteiger charge is 2.31. The molecule has 124 valence electrons. The number of halogens is 1. The van der Waals surface area contributed by atoms with E-state index in [2.05, 4.69) is 4.74 Å². The van der Waals surface area contributed by atoms with Gasteiger partial charge in [0.25, 0.3) is 0 Å². The van der Waals surface area contributed by atoms with Crippen LogP contribution >= 0.6 is 0 Å². The molecule has 1 aromatic rings. The van der Waals surface area contributed by atoms with Crippen LogP contribution in [0.15, 0.2) is 24.3 Å². The molecule has 1 aliphatic carbocycles. The molecule has 1 aromatic carbocycles. The number of esters is 2. The number of benzene rings is 1. The van der Waals surface area contributed by atoms with Crippen molar-refractivity contribution in [2.45, 2.75) is 39.7 Å². The standard InChI is InChI=1S/C18H21FO4/c1-18(2,3)17(21)23-15-8-5-11(9-16(20)22-4)13-7-6-12(19)10-14(13)15/h6-7,9-10,15H,5,8H2,1-4H3/b11-9+. The summed E-state index contributed by atoms with van der Waals surface area (Å²) in [7, 11) is 1.31. The van der Waals surface area contributed by atoms with Gasteiger partial charge in [0, 0.05) is 11.6 Å². The number of carbonyl (C=O) groups excluding carboxylic acids is 2. The van der Waals surface area contributed by atoms with Crippen LogP contribution < -0.4 is 0 Å². The maximum Gasteiger partial charge on any atom is 0.330 e. The third-order valence-corrected chi connectivity index (χ3v) is 3.74. The van der Waals surface area contributed by atoms with Gasteiger partial charge in [-0.05, 0) is 56.9 Å². The van der Waals surface area contributed by atoms with Crippen molar-refractivity contribution in [2.75, 3.05) is 7.11 Å². The average molecular weight is 320 g/mol. The van der Waals surface area contributed by atoms with E-state index in [-0.39, 0.29) is 5.97 Å². The molecule has 4 nitrogen and oxygen atoms in total. The second kappa shape index (κ2) is 6.52. The zero-order valence-electron chi connectivity index (χ0n) is 13.8. The van der Waals surface area contributed by atoms with Gasteiger partial charge < -0.3 is 9.47 Å². The highest BCUT2D eigenvalue weighted by molar-refractivity contribution is 5.92. The van der Waals surface area contributed by atoms with Gasteiger partial charge in [0.05, 0.1) is 12.5 Å². The summed E-state index contributed by atoms with van der Waals surface area (Å²) in [6, 6.07) is 4.30. The van der Waals surface area contributed by atoms with Crippen LogP contribution in [-0.2, 0) is 19.1 Å². The van der Waals surface area contributed by atoms with Gasteiger partial charge >= 0.3 is 11.9 Å². The first-order valence-corrected chi connectivity index (χ1v) is 7.52. The second-order valence-electron chi connectivity index (χ2n) is 6.61. The van der Waals surface area contributed by atoms with Gasteiger partial charge in [0.2, 0.25) is 0 Å². The number of fused-ring (bicyclic) bond motifs is 1. The molecule has 0 saturated carbocycles. The van der Waals surface area contributed by atoms with Crippen LogP contribution in [0.5, 0.6) is 0 Å². The van der Waals surface area contributed by atoms with E-state index in [0.29, 0.717) is 18.4 Å². The molecule has 0 radical (unpaired) electrons. The molecule has 0 heterocycles. The lowest BCUT2D eigenvalue weighted by Crippen LogP contribution is -2.26. The van der Waals surface area contributed by atoms with E-state index in [1.807, 2.05) is 0 Å². The zero-order valence-corrected chi connectivity index (χ0v) is 13.8. The van der Waals surface area contributed by atoms with Crippen molar-refractivity contribution in [3.8, 4) is 0 Å². The van der Waals surface area contributed by atoms with Crippen molar-refractivity contribution in [1.82, 2.24) is 0 Å². The van der Waals surface area contributed by atoms with Gasteiger partial charge in [0.1, 0.15) is 11.9 Å². The van der Waals surface area contributed by atoms with Gasteiger partial charge in [-0.3, -0.25) is 4.79 Å². The minimum atomic E-state index is -0.629. The molecule has 1 aliphatic rings. The Morgan fingerprint density at radius 1 is 1.30 bits per heavy atom. The fourth-order valence-electron chi connectivity index (χ4n) is 2.45. The number of carbonyl (C=O) groups is 2. The summed E-state index contributed by atoms with van der Waals surface area (Å²) >= 11 is 0. The first-order chi connectivity index (χ1) is 10.7. The lowest BCUT2D eigenvalue weighted by Gasteiger charge is -2.29. The molecule has 0 amide bonds. The highest BCUT2D eigenvalue weighted by Crippen LogP contribution is 2.40. The predicted octanol–water partition coefficient (Wildman–Crippen LogP) is 3.81. The number of hydrogen-bond donors (Lipinski definition) is 0. The molecule has 0 fully saturated rings. The van der Waals surface area contributed by atoms with Gasteiger partial charge in [-0.25, -0.2) is 9.18 Å². The summed E-state index contributed by atoms with van der Waals surface area (Å²) in [6.07, 6.45) is 1.94.